The summed E-state index contributed by atoms with van der Waals surface area (Å²) < 4.78 is 0. The fourth-order valence-corrected chi connectivity index (χ4v) is 5.49. The van der Waals surface area contributed by atoms with Gasteiger partial charge in [-0.25, -0.2) is 0 Å². The largest absolute Gasteiger partial charge is 0.322 e. The maximum Gasteiger partial charge on any atom is 0.255 e. The number of amides is 1. The standard InChI is InChI=1S/C32H39NO/c1-5-6-23(3)25-9-11-26(12-10-25)27-13-15-29(16-14-27)32(34)33-31-19-17-28(18-20-31)30-8-7-22(2)24(4)21-30/h7-8,13-21,23,25-26H,5-6,9-12H2,1-4H3,(H,33,34). The van der Waals surface area contributed by atoms with Crippen LogP contribution in [0, 0.1) is 25.7 Å². The van der Waals surface area contributed by atoms with Crippen LogP contribution in [-0.2, 0) is 0 Å². The van der Waals surface area contributed by atoms with Gasteiger partial charge in [-0.15, -0.1) is 0 Å². The van der Waals surface area contributed by atoms with Gasteiger partial charge in [-0.1, -0.05) is 69.2 Å². The summed E-state index contributed by atoms with van der Waals surface area (Å²) in [7, 11) is 0. The van der Waals surface area contributed by atoms with Crippen molar-refractivity contribution in [2.24, 2.45) is 11.8 Å². The smallest absolute Gasteiger partial charge is 0.255 e. The first kappa shape index (κ1) is 24.3. The number of hydrogen-bond donors (Lipinski definition) is 1. The molecule has 2 nitrogen and oxygen atoms in total. The molecule has 1 saturated carbocycles. The molecule has 0 heterocycles. The van der Waals surface area contributed by atoms with E-state index in [0.29, 0.717) is 11.5 Å². The van der Waals surface area contributed by atoms with Crippen LogP contribution in [0.5, 0.6) is 0 Å². The lowest BCUT2D eigenvalue weighted by Gasteiger charge is -2.32. The molecule has 1 amide bonds. The number of aryl methyl sites for hydroxylation is 2. The Morgan fingerprint density at radius 3 is 2.12 bits per heavy atom. The van der Waals surface area contributed by atoms with Crippen molar-refractivity contribution in [3.8, 4) is 11.1 Å². The Labute approximate surface area is 205 Å². The van der Waals surface area contributed by atoms with E-state index in [9.17, 15) is 4.79 Å². The molecule has 3 aromatic rings. The van der Waals surface area contributed by atoms with E-state index in [-0.39, 0.29) is 5.91 Å². The SMILES string of the molecule is CCCC(C)C1CCC(c2ccc(C(=O)Nc3ccc(-c4ccc(C)c(C)c4)cc3)cc2)CC1. The van der Waals surface area contributed by atoms with E-state index >= 15 is 0 Å². The second-order valence-corrected chi connectivity index (χ2v) is 10.3. The van der Waals surface area contributed by atoms with Crippen molar-refractivity contribution >= 4 is 11.6 Å². The number of hydrogen-bond acceptors (Lipinski definition) is 1. The summed E-state index contributed by atoms with van der Waals surface area (Å²) >= 11 is 0. The highest BCUT2D eigenvalue weighted by Crippen LogP contribution is 2.39. The van der Waals surface area contributed by atoms with Crippen LogP contribution in [-0.4, -0.2) is 5.91 Å². The van der Waals surface area contributed by atoms with Gasteiger partial charge < -0.3 is 5.32 Å². The number of benzene rings is 3. The molecule has 0 saturated heterocycles. The number of carbonyl (C=O) groups excluding carboxylic acids is 1. The summed E-state index contributed by atoms with van der Waals surface area (Å²) in [5, 5.41) is 3.05. The molecule has 0 bridgehead atoms. The van der Waals surface area contributed by atoms with E-state index in [0.717, 1.165) is 23.1 Å². The van der Waals surface area contributed by atoms with Crippen molar-refractivity contribution in [1.29, 1.82) is 0 Å². The van der Waals surface area contributed by atoms with Crippen LogP contribution in [0.25, 0.3) is 11.1 Å². The first-order valence-corrected chi connectivity index (χ1v) is 13.0. The Kier molecular flexibility index (Phi) is 7.88. The van der Waals surface area contributed by atoms with E-state index in [1.807, 2.05) is 24.3 Å². The average Bonchev–Trinajstić information content (AvgIpc) is 2.86. The highest BCUT2D eigenvalue weighted by Gasteiger charge is 2.25. The highest BCUT2D eigenvalue weighted by atomic mass is 16.1. The van der Waals surface area contributed by atoms with Gasteiger partial charge in [0.2, 0.25) is 0 Å². The number of rotatable bonds is 7. The van der Waals surface area contributed by atoms with Gasteiger partial charge in [0.1, 0.15) is 0 Å². The van der Waals surface area contributed by atoms with E-state index in [2.05, 4.69) is 75.5 Å². The predicted molar refractivity (Wildman–Crippen MR) is 145 cm³/mol. The van der Waals surface area contributed by atoms with Gasteiger partial charge in [0, 0.05) is 11.3 Å². The fraction of sp³-hybridized carbons (Fsp3) is 0.406. The lowest BCUT2D eigenvalue weighted by molar-refractivity contribution is 0.102. The highest BCUT2D eigenvalue weighted by molar-refractivity contribution is 6.04. The monoisotopic (exact) mass is 453 g/mol. The van der Waals surface area contributed by atoms with Crippen molar-refractivity contribution in [2.75, 3.05) is 5.32 Å². The van der Waals surface area contributed by atoms with E-state index in [1.165, 1.54) is 60.8 Å². The lowest BCUT2D eigenvalue weighted by atomic mass is 9.73. The summed E-state index contributed by atoms with van der Waals surface area (Å²) in [6.45, 7) is 8.99. The third-order valence-corrected chi connectivity index (χ3v) is 7.95. The second kappa shape index (κ2) is 11.0. The van der Waals surface area contributed by atoms with E-state index in [4.69, 9.17) is 0 Å². The van der Waals surface area contributed by atoms with Crippen LogP contribution in [0.2, 0.25) is 0 Å². The topological polar surface area (TPSA) is 29.1 Å². The maximum atomic E-state index is 12.8. The Morgan fingerprint density at radius 2 is 1.50 bits per heavy atom. The van der Waals surface area contributed by atoms with Crippen molar-refractivity contribution in [3.05, 3.63) is 89.0 Å². The summed E-state index contributed by atoms with van der Waals surface area (Å²) in [5.74, 6) is 2.33. The second-order valence-electron chi connectivity index (χ2n) is 10.3. The van der Waals surface area contributed by atoms with Gasteiger partial charge in [-0.3, -0.25) is 4.79 Å². The molecule has 1 fully saturated rings. The molecular weight excluding hydrogens is 414 g/mol. The van der Waals surface area contributed by atoms with Gasteiger partial charge in [0.15, 0.2) is 0 Å². The number of carbonyl (C=O) groups is 1. The van der Waals surface area contributed by atoms with Crippen LogP contribution < -0.4 is 5.32 Å². The van der Waals surface area contributed by atoms with Crippen molar-refractivity contribution in [1.82, 2.24) is 0 Å². The van der Waals surface area contributed by atoms with Crippen molar-refractivity contribution in [2.45, 2.75) is 72.1 Å². The third kappa shape index (κ3) is 5.78. The first-order chi connectivity index (χ1) is 16.4. The predicted octanol–water partition coefficient (Wildman–Crippen LogP) is 8.93. The zero-order valence-corrected chi connectivity index (χ0v) is 21.2. The molecule has 1 aliphatic carbocycles. The van der Waals surface area contributed by atoms with Gasteiger partial charge in [-0.05, 0) is 109 Å². The molecule has 0 radical (unpaired) electrons. The molecule has 0 aromatic heterocycles. The molecule has 1 aliphatic rings. The Hall–Kier alpha value is -2.87. The van der Waals surface area contributed by atoms with Gasteiger partial charge in [-0.2, -0.15) is 0 Å². The zero-order chi connectivity index (χ0) is 24.1. The molecule has 1 N–H and O–H groups in total. The Bertz CT molecular complexity index is 1090. The number of nitrogens with one attached hydrogen (secondary N) is 1. The normalized spacial score (nSPS) is 18.9. The Morgan fingerprint density at radius 1 is 0.853 bits per heavy atom. The molecule has 34 heavy (non-hydrogen) atoms. The fourth-order valence-electron chi connectivity index (χ4n) is 5.49. The van der Waals surface area contributed by atoms with Crippen LogP contribution in [0.1, 0.15) is 85.3 Å². The summed E-state index contributed by atoms with van der Waals surface area (Å²) in [6.07, 6.45) is 7.88. The van der Waals surface area contributed by atoms with Crippen LogP contribution >= 0.6 is 0 Å². The molecule has 4 rings (SSSR count). The molecule has 0 aliphatic heterocycles. The van der Waals surface area contributed by atoms with Gasteiger partial charge in [0.05, 0.1) is 0 Å². The van der Waals surface area contributed by atoms with Crippen LogP contribution in [0.15, 0.2) is 66.7 Å². The summed E-state index contributed by atoms with van der Waals surface area (Å²) in [4.78, 5) is 12.8. The average molecular weight is 454 g/mol. The van der Waals surface area contributed by atoms with E-state index < -0.39 is 0 Å². The Balaban J connectivity index is 1.34. The zero-order valence-electron chi connectivity index (χ0n) is 21.2. The molecule has 1 unspecified atom stereocenters. The minimum atomic E-state index is -0.0532. The molecule has 0 spiro atoms. The van der Waals surface area contributed by atoms with Crippen molar-refractivity contribution in [3.63, 3.8) is 0 Å². The molecular formula is C32H39NO. The lowest BCUT2D eigenvalue weighted by Crippen LogP contribution is -2.19. The third-order valence-electron chi connectivity index (χ3n) is 7.95. The van der Waals surface area contributed by atoms with E-state index in [1.54, 1.807) is 0 Å². The van der Waals surface area contributed by atoms with Crippen LogP contribution in [0.4, 0.5) is 5.69 Å². The minimum absolute atomic E-state index is 0.0532. The molecule has 1 atom stereocenters. The molecule has 3 aromatic carbocycles. The van der Waals surface area contributed by atoms with Gasteiger partial charge >= 0.3 is 0 Å². The quantitative estimate of drug-likeness (QED) is 0.380. The number of anilines is 1. The minimum Gasteiger partial charge on any atom is -0.322 e. The van der Waals surface area contributed by atoms with Crippen LogP contribution in [0.3, 0.4) is 0 Å². The van der Waals surface area contributed by atoms with Crippen molar-refractivity contribution < 1.29 is 4.79 Å². The molecule has 178 valence electrons. The molecule has 2 heteroatoms. The maximum absolute atomic E-state index is 12.8. The first-order valence-electron chi connectivity index (χ1n) is 13.0. The van der Waals surface area contributed by atoms with Gasteiger partial charge in [0.25, 0.3) is 5.91 Å². The summed E-state index contributed by atoms with van der Waals surface area (Å²) in [5.41, 5.74) is 7.87. The summed E-state index contributed by atoms with van der Waals surface area (Å²) in [6, 6.07) is 22.9.